The maximum atomic E-state index is 11.2. The SMILES string of the molecule is NC(=O)c1cc(C(=O)CBr)ccn1. The van der Waals surface area contributed by atoms with Crippen LogP contribution in [0.25, 0.3) is 0 Å². The first-order chi connectivity index (χ1) is 6.15. The van der Waals surface area contributed by atoms with Gasteiger partial charge in [0.15, 0.2) is 5.78 Å². The second-order valence-electron chi connectivity index (χ2n) is 2.35. The Morgan fingerprint density at radius 2 is 2.23 bits per heavy atom. The fourth-order valence-electron chi connectivity index (χ4n) is 0.816. The number of amides is 1. The molecular weight excluding hydrogens is 236 g/mol. The van der Waals surface area contributed by atoms with Crippen LogP contribution >= 0.6 is 15.9 Å². The van der Waals surface area contributed by atoms with Crippen LogP contribution in [0.5, 0.6) is 0 Å². The van der Waals surface area contributed by atoms with Gasteiger partial charge in [-0.1, -0.05) is 15.9 Å². The van der Waals surface area contributed by atoms with Gasteiger partial charge in [0.2, 0.25) is 0 Å². The summed E-state index contributed by atoms with van der Waals surface area (Å²) in [5.41, 5.74) is 5.53. The molecule has 0 atom stereocenters. The molecule has 1 amide bonds. The number of Topliss-reactive ketones (excluding diaryl/α,β-unsaturated/α-hetero) is 1. The number of carbonyl (C=O) groups is 2. The van der Waals surface area contributed by atoms with Crippen molar-refractivity contribution in [1.82, 2.24) is 4.98 Å². The maximum absolute atomic E-state index is 11.2. The van der Waals surface area contributed by atoms with Gasteiger partial charge in [0, 0.05) is 11.8 Å². The summed E-state index contributed by atoms with van der Waals surface area (Å²) >= 11 is 3.03. The predicted molar refractivity (Wildman–Crippen MR) is 50.9 cm³/mol. The number of nitrogens with zero attached hydrogens (tertiary/aromatic N) is 1. The number of alkyl halides is 1. The summed E-state index contributed by atoms with van der Waals surface area (Å²) in [6.07, 6.45) is 1.38. The lowest BCUT2D eigenvalue weighted by atomic mass is 10.1. The Balaban J connectivity index is 3.05. The highest BCUT2D eigenvalue weighted by atomic mass is 79.9. The second kappa shape index (κ2) is 4.13. The van der Waals surface area contributed by atoms with Crippen LogP contribution in [0.15, 0.2) is 18.3 Å². The molecule has 68 valence electrons. The van der Waals surface area contributed by atoms with E-state index in [1.54, 1.807) is 0 Å². The maximum Gasteiger partial charge on any atom is 0.267 e. The molecule has 0 radical (unpaired) electrons. The Morgan fingerprint density at radius 1 is 1.54 bits per heavy atom. The third-order valence-corrected chi connectivity index (χ3v) is 1.97. The van der Waals surface area contributed by atoms with E-state index in [1.807, 2.05) is 0 Å². The Hall–Kier alpha value is -1.23. The van der Waals surface area contributed by atoms with Crippen LogP contribution in [-0.2, 0) is 0 Å². The van der Waals surface area contributed by atoms with E-state index in [-0.39, 0.29) is 16.8 Å². The first-order valence-electron chi connectivity index (χ1n) is 3.50. The quantitative estimate of drug-likeness (QED) is 0.629. The van der Waals surface area contributed by atoms with Gasteiger partial charge in [-0.2, -0.15) is 0 Å². The van der Waals surface area contributed by atoms with Crippen LogP contribution in [0.1, 0.15) is 20.8 Å². The van der Waals surface area contributed by atoms with Gasteiger partial charge < -0.3 is 5.73 Å². The van der Waals surface area contributed by atoms with Gasteiger partial charge in [0.25, 0.3) is 5.91 Å². The molecule has 0 fully saturated rings. The Morgan fingerprint density at radius 3 is 2.77 bits per heavy atom. The summed E-state index contributed by atoms with van der Waals surface area (Å²) in [5, 5.41) is 0.217. The number of nitrogens with two attached hydrogens (primary N) is 1. The number of hydrogen-bond acceptors (Lipinski definition) is 3. The highest BCUT2D eigenvalue weighted by Gasteiger charge is 2.07. The number of pyridine rings is 1. The largest absolute Gasteiger partial charge is 0.364 e. The van der Waals surface area contributed by atoms with Gasteiger partial charge in [0.1, 0.15) is 5.69 Å². The van der Waals surface area contributed by atoms with Crippen molar-refractivity contribution < 1.29 is 9.59 Å². The zero-order chi connectivity index (χ0) is 9.84. The third-order valence-electron chi connectivity index (χ3n) is 1.46. The fourth-order valence-corrected chi connectivity index (χ4v) is 1.14. The van der Waals surface area contributed by atoms with E-state index in [1.165, 1.54) is 18.3 Å². The molecule has 5 heteroatoms. The number of ketones is 1. The van der Waals surface area contributed by atoms with E-state index >= 15 is 0 Å². The van der Waals surface area contributed by atoms with Gasteiger partial charge in [0.05, 0.1) is 5.33 Å². The number of aromatic nitrogens is 1. The molecule has 0 saturated heterocycles. The van der Waals surface area contributed by atoms with E-state index in [4.69, 9.17) is 5.73 Å². The number of carbonyl (C=O) groups excluding carboxylic acids is 2. The lowest BCUT2D eigenvalue weighted by molar-refractivity contribution is 0.0995. The minimum Gasteiger partial charge on any atom is -0.364 e. The number of primary amides is 1. The lowest BCUT2D eigenvalue weighted by Gasteiger charge is -1.98. The van der Waals surface area contributed by atoms with E-state index in [9.17, 15) is 9.59 Å². The molecule has 1 heterocycles. The third kappa shape index (κ3) is 2.35. The van der Waals surface area contributed by atoms with Crippen LogP contribution in [0, 0.1) is 0 Å². The van der Waals surface area contributed by atoms with Gasteiger partial charge in [-0.15, -0.1) is 0 Å². The van der Waals surface area contributed by atoms with Crippen molar-refractivity contribution in [3.05, 3.63) is 29.6 Å². The Bertz CT molecular complexity index is 352. The molecule has 0 spiro atoms. The Kier molecular flexibility index (Phi) is 3.13. The molecule has 1 rings (SSSR count). The van der Waals surface area contributed by atoms with Crippen LogP contribution in [0.2, 0.25) is 0 Å². The van der Waals surface area contributed by atoms with Crippen molar-refractivity contribution in [2.75, 3.05) is 5.33 Å². The molecule has 13 heavy (non-hydrogen) atoms. The first kappa shape index (κ1) is 9.85. The van der Waals surface area contributed by atoms with E-state index in [2.05, 4.69) is 20.9 Å². The molecule has 0 aliphatic carbocycles. The van der Waals surface area contributed by atoms with Crippen molar-refractivity contribution in [2.45, 2.75) is 0 Å². The molecule has 0 unspecified atom stereocenters. The predicted octanol–water partition coefficient (Wildman–Crippen LogP) is 0.758. The molecule has 2 N–H and O–H groups in total. The topological polar surface area (TPSA) is 73.1 Å². The van der Waals surface area contributed by atoms with Gasteiger partial charge in [-0.05, 0) is 12.1 Å². The molecule has 0 aliphatic rings. The zero-order valence-corrected chi connectivity index (χ0v) is 8.24. The summed E-state index contributed by atoms with van der Waals surface area (Å²) in [6, 6.07) is 2.92. The summed E-state index contributed by atoms with van der Waals surface area (Å²) in [5.74, 6) is -0.742. The number of rotatable bonds is 3. The number of hydrogen-bond donors (Lipinski definition) is 1. The van der Waals surface area contributed by atoms with Gasteiger partial charge >= 0.3 is 0 Å². The normalized spacial score (nSPS) is 9.62. The van der Waals surface area contributed by atoms with Crippen LogP contribution in [-0.4, -0.2) is 22.0 Å². The van der Waals surface area contributed by atoms with Gasteiger partial charge in [-0.3, -0.25) is 14.6 Å². The van der Waals surface area contributed by atoms with Crippen LogP contribution in [0.3, 0.4) is 0 Å². The summed E-state index contributed by atoms with van der Waals surface area (Å²) in [4.78, 5) is 25.6. The van der Waals surface area contributed by atoms with E-state index in [0.29, 0.717) is 5.56 Å². The second-order valence-corrected chi connectivity index (χ2v) is 2.91. The highest BCUT2D eigenvalue weighted by Crippen LogP contribution is 2.04. The first-order valence-corrected chi connectivity index (χ1v) is 4.62. The van der Waals surface area contributed by atoms with Crippen molar-refractivity contribution in [3.8, 4) is 0 Å². The molecule has 0 aromatic carbocycles. The monoisotopic (exact) mass is 242 g/mol. The van der Waals surface area contributed by atoms with Crippen molar-refractivity contribution in [3.63, 3.8) is 0 Å². The summed E-state index contributed by atoms with van der Waals surface area (Å²) in [6.45, 7) is 0. The fraction of sp³-hybridized carbons (Fsp3) is 0.125. The minimum atomic E-state index is -0.635. The molecule has 0 bridgehead atoms. The van der Waals surface area contributed by atoms with E-state index < -0.39 is 5.91 Å². The van der Waals surface area contributed by atoms with Crippen LogP contribution in [0.4, 0.5) is 0 Å². The minimum absolute atomic E-state index is 0.104. The molecule has 4 nitrogen and oxygen atoms in total. The molecule has 1 aromatic rings. The average Bonchev–Trinajstić information content (AvgIpc) is 2.17. The lowest BCUT2D eigenvalue weighted by Crippen LogP contribution is -2.14. The van der Waals surface area contributed by atoms with Crippen LogP contribution < -0.4 is 5.73 Å². The summed E-state index contributed by atoms with van der Waals surface area (Å²) < 4.78 is 0. The summed E-state index contributed by atoms with van der Waals surface area (Å²) in [7, 11) is 0. The van der Waals surface area contributed by atoms with Gasteiger partial charge in [-0.25, -0.2) is 0 Å². The smallest absolute Gasteiger partial charge is 0.267 e. The number of halogens is 1. The van der Waals surface area contributed by atoms with Crippen molar-refractivity contribution >= 4 is 27.6 Å². The zero-order valence-electron chi connectivity index (χ0n) is 6.66. The molecule has 1 aromatic heterocycles. The highest BCUT2D eigenvalue weighted by molar-refractivity contribution is 9.09. The van der Waals surface area contributed by atoms with Crippen molar-refractivity contribution in [2.24, 2.45) is 5.73 Å². The van der Waals surface area contributed by atoms with Crippen molar-refractivity contribution in [1.29, 1.82) is 0 Å². The molecule has 0 saturated carbocycles. The molecule has 0 aliphatic heterocycles. The average molecular weight is 243 g/mol. The Labute approximate surface area is 83.3 Å². The standard InChI is InChI=1S/C8H7BrN2O2/c9-4-7(12)5-1-2-11-6(3-5)8(10)13/h1-3H,4H2,(H2,10,13). The molecular formula is C8H7BrN2O2. The van der Waals surface area contributed by atoms with E-state index in [0.717, 1.165) is 0 Å².